The molecule has 21 heavy (non-hydrogen) atoms. The fourth-order valence-electron chi connectivity index (χ4n) is 3.32. The van der Waals surface area contributed by atoms with Gasteiger partial charge in [0.25, 0.3) is 0 Å². The van der Waals surface area contributed by atoms with E-state index in [0.29, 0.717) is 17.6 Å². The summed E-state index contributed by atoms with van der Waals surface area (Å²) in [5.41, 5.74) is 5.37. The maximum Gasteiger partial charge on any atom is 0.236 e. The van der Waals surface area contributed by atoms with E-state index in [0.717, 1.165) is 44.3 Å². The Morgan fingerprint density at radius 3 is 2.62 bits per heavy atom. The second-order valence-electron chi connectivity index (χ2n) is 6.25. The van der Waals surface area contributed by atoms with E-state index in [9.17, 15) is 4.79 Å². The third-order valence-electron chi connectivity index (χ3n) is 4.74. The molecule has 1 aromatic rings. The van der Waals surface area contributed by atoms with Crippen LogP contribution in [-0.2, 0) is 11.3 Å². The summed E-state index contributed by atoms with van der Waals surface area (Å²) in [6, 6.07) is 4.10. The maximum absolute atomic E-state index is 13.2. The largest absolute Gasteiger partial charge is 0.467 e. The normalized spacial score (nSPS) is 21.0. The van der Waals surface area contributed by atoms with Crippen molar-refractivity contribution in [2.75, 3.05) is 0 Å². The molecule has 3 rings (SSSR count). The second kappa shape index (κ2) is 5.79. The van der Waals surface area contributed by atoms with Crippen LogP contribution in [0.2, 0.25) is 0 Å². The van der Waals surface area contributed by atoms with Crippen molar-refractivity contribution in [3.63, 3.8) is 0 Å². The standard InChI is InChI=1S/C16H22N2O2S/c17-14(21)16(8-2-1-3-9-16)15(19)18(12-6-7-12)11-13-5-4-10-20-13/h4-5,10,12H,1-3,6-9,11H2,(H2,17,21). The predicted molar refractivity (Wildman–Crippen MR) is 84.6 cm³/mol. The van der Waals surface area contributed by atoms with Gasteiger partial charge in [0.05, 0.1) is 23.2 Å². The number of thiocarbonyl (C=S) groups is 1. The molecule has 0 bridgehead atoms. The average Bonchev–Trinajstić information content (AvgIpc) is 3.21. The van der Waals surface area contributed by atoms with Gasteiger partial charge in [-0.1, -0.05) is 31.5 Å². The zero-order valence-corrected chi connectivity index (χ0v) is 13.0. The summed E-state index contributed by atoms with van der Waals surface area (Å²) in [4.78, 5) is 15.5. The number of carbonyl (C=O) groups is 1. The summed E-state index contributed by atoms with van der Waals surface area (Å²) in [5.74, 6) is 0.942. The van der Waals surface area contributed by atoms with Gasteiger partial charge in [-0.25, -0.2) is 0 Å². The molecule has 0 atom stereocenters. The topological polar surface area (TPSA) is 59.5 Å². The Kier molecular flexibility index (Phi) is 4.02. The quantitative estimate of drug-likeness (QED) is 0.850. The van der Waals surface area contributed by atoms with Crippen LogP contribution in [0.4, 0.5) is 0 Å². The zero-order chi connectivity index (χ0) is 14.9. The molecule has 1 aromatic heterocycles. The number of hydrogen-bond acceptors (Lipinski definition) is 3. The molecule has 0 saturated heterocycles. The van der Waals surface area contributed by atoms with Gasteiger partial charge in [-0.15, -0.1) is 0 Å². The first-order valence-corrected chi connectivity index (χ1v) is 8.18. The van der Waals surface area contributed by atoms with Crippen LogP contribution in [0.3, 0.4) is 0 Å². The van der Waals surface area contributed by atoms with Gasteiger partial charge < -0.3 is 15.1 Å². The fourth-order valence-corrected chi connectivity index (χ4v) is 3.61. The average molecular weight is 306 g/mol. The van der Waals surface area contributed by atoms with Gasteiger partial charge in [0.2, 0.25) is 5.91 Å². The van der Waals surface area contributed by atoms with E-state index < -0.39 is 5.41 Å². The molecule has 2 saturated carbocycles. The first-order chi connectivity index (χ1) is 10.1. The van der Waals surface area contributed by atoms with E-state index in [4.69, 9.17) is 22.4 Å². The highest BCUT2D eigenvalue weighted by Gasteiger charge is 2.47. The molecule has 1 heterocycles. The lowest BCUT2D eigenvalue weighted by molar-refractivity contribution is -0.141. The van der Waals surface area contributed by atoms with E-state index in [1.54, 1.807) is 6.26 Å². The third kappa shape index (κ3) is 2.84. The fraction of sp³-hybridized carbons (Fsp3) is 0.625. The lowest BCUT2D eigenvalue weighted by Crippen LogP contribution is -2.52. The number of carbonyl (C=O) groups excluding carboxylic acids is 1. The molecule has 2 aliphatic rings. The predicted octanol–water partition coefficient (Wildman–Crippen LogP) is 3.01. The van der Waals surface area contributed by atoms with E-state index in [2.05, 4.69) is 0 Å². The summed E-state index contributed by atoms with van der Waals surface area (Å²) < 4.78 is 5.41. The van der Waals surface area contributed by atoms with Crippen molar-refractivity contribution in [1.82, 2.24) is 4.90 Å². The molecule has 1 amide bonds. The maximum atomic E-state index is 13.2. The Bertz CT molecular complexity index is 516. The number of furan rings is 1. The molecule has 4 nitrogen and oxygen atoms in total. The molecule has 114 valence electrons. The molecular weight excluding hydrogens is 284 g/mol. The Morgan fingerprint density at radius 1 is 1.38 bits per heavy atom. The van der Waals surface area contributed by atoms with Gasteiger partial charge in [-0.2, -0.15) is 0 Å². The van der Waals surface area contributed by atoms with E-state index in [1.807, 2.05) is 17.0 Å². The summed E-state index contributed by atoms with van der Waals surface area (Å²) in [5, 5.41) is 0. The van der Waals surface area contributed by atoms with Crippen LogP contribution in [0.25, 0.3) is 0 Å². The van der Waals surface area contributed by atoms with E-state index in [1.165, 1.54) is 6.42 Å². The van der Waals surface area contributed by atoms with Gasteiger partial charge in [-0.05, 0) is 37.8 Å². The van der Waals surface area contributed by atoms with Crippen molar-refractivity contribution in [1.29, 1.82) is 0 Å². The van der Waals surface area contributed by atoms with Crippen LogP contribution >= 0.6 is 12.2 Å². The number of nitrogens with two attached hydrogens (primary N) is 1. The van der Waals surface area contributed by atoms with Crippen molar-refractivity contribution < 1.29 is 9.21 Å². The molecule has 2 aliphatic carbocycles. The number of nitrogens with zero attached hydrogens (tertiary/aromatic N) is 1. The van der Waals surface area contributed by atoms with E-state index in [-0.39, 0.29) is 5.91 Å². The van der Waals surface area contributed by atoms with Gasteiger partial charge in [0, 0.05) is 6.04 Å². The number of rotatable bonds is 5. The Hall–Kier alpha value is -1.36. The molecule has 0 aliphatic heterocycles. The monoisotopic (exact) mass is 306 g/mol. The van der Waals surface area contributed by atoms with E-state index >= 15 is 0 Å². The number of hydrogen-bond donors (Lipinski definition) is 1. The minimum absolute atomic E-state index is 0.119. The van der Waals surface area contributed by atoms with Crippen molar-refractivity contribution in [2.45, 2.75) is 57.5 Å². The highest BCUT2D eigenvalue weighted by atomic mass is 32.1. The molecule has 0 radical (unpaired) electrons. The van der Waals surface area contributed by atoms with Crippen LogP contribution in [0.15, 0.2) is 22.8 Å². The molecule has 2 N–H and O–H groups in total. The van der Waals surface area contributed by atoms with Crippen LogP contribution in [0.1, 0.15) is 50.7 Å². The van der Waals surface area contributed by atoms with Gasteiger partial charge >= 0.3 is 0 Å². The first kappa shape index (κ1) is 14.6. The lowest BCUT2D eigenvalue weighted by Gasteiger charge is -2.39. The highest BCUT2D eigenvalue weighted by Crippen LogP contribution is 2.41. The van der Waals surface area contributed by atoms with Gasteiger partial charge in [-0.3, -0.25) is 4.79 Å². The van der Waals surface area contributed by atoms with Gasteiger partial charge in [0.15, 0.2) is 0 Å². The lowest BCUT2D eigenvalue weighted by atomic mass is 9.72. The van der Waals surface area contributed by atoms with Crippen molar-refractivity contribution in [2.24, 2.45) is 11.1 Å². The summed E-state index contributed by atoms with van der Waals surface area (Å²) in [7, 11) is 0. The molecule has 2 fully saturated rings. The minimum Gasteiger partial charge on any atom is -0.467 e. The SMILES string of the molecule is NC(=S)C1(C(=O)N(Cc2ccco2)C2CC2)CCCCC1. The van der Waals surface area contributed by atoms with Crippen LogP contribution < -0.4 is 5.73 Å². The highest BCUT2D eigenvalue weighted by molar-refractivity contribution is 7.80. The summed E-state index contributed by atoms with van der Waals surface area (Å²) in [6.45, 7) is 0.529. The third-order valence-corrected chi connectivity index (χ3v) is 5.13. The Labute approximate surface area is 130 Å². The van der Waals surface area contributed by atoms with Crippen molar-refractivity contribution >= 4 is 23.1 Å². The van der Waals surface area contributed by atoms with Crippen LogP contribution in [0.5, 0.6) is 0 Å². The molecule has 0 aromatic carbocycles. The second-order valence-corrected chi connectivity index (χ2v) is 6.69. The molecule has 0 spiro atoms. The first-order valence-electron chi connectivity index (χ1n) is 7.77. The minimum atomic E-state index is -0.622. The Morgan fingerprint density at radius 2 is 2.10 bits per heavy atom. The zero-order valence-electron chi connectivity index (χ0n) is 12.2. The molecule has 0 unspecified atom stereocenters. The van der Waals surface area contributed by atoms with Crippen molar-refractivity contribution in [3.8, 4) is 0 Å². The van der Waals surface area contributed by atoms with Crippen LogP contribution in [0, 0.1) is 5.41 Å². The van der Waals surface area contributed by atoms with Crippen molar-refractivity contribution in [3.05, 3.63) is 24.2 Å². The number of amides is 1. The Balaban J connectivity index is 1.83. The molecule has 5 heteroatoms. The summed E-state index contributed by atoms with van der Waals surface area (Å²) >= 11 is 5.28. The van der Waals surface area contributed by atoms with Gasteiger partial charge in [0.1, 0.15) is 5.76 Å². The van der Waals surface area contributed by atoms with Crippen LogP contribution in [-0.4, -0.2) is 21.8 Å². The summed E-state index contributed by atoms with van der Waals surface area (Å²) in [6.07, 6.45) is 8.60. The smallest absolute Gasteiger partial charge is 0.236 e. The molecular formula is C16H22N2O2S.